The van der Waals surface area contributed by atoms with Crippen LogP contribution in [0.25, 0.3) is 16.4 Å². The van der Waals surface area contributed by atoms with E-state index in [9.17, 15) is 9.59 Å². The molecule has 1 unspecified atom stereocenters. The van der Waals surface area contributed by atoms with Crippen molar-refractivity contribution in [3.8, 4) is 16.4 Å². The van der Waals surface area contributed by atoms with E-state index >= 15 is 0 Å². The molecular formula is C28H27BrClN5O2S. The maximum atomic E-state index is 13.7. The molecule has 1 saturated heterocycles. The Kier molecular flexibility index (Phi) is 7.70. The number of hydrogen-bond acceptors (Lipinski definition) is 5. The second-order valence-corrected chi connectivity index (χ2v) is 11.8. The number of amides is 2. The molecule has 3 heterocycles. The van der Waals surface area contributed by atoms with E-state index < -0.39 is 0 Å². The molecule has 4 aromatic rings. The fourth-order valence-electron chi connectivity index (χ4n) is 4.75. The minimum Gasteiger partial charge on any atom is -0.335 e. The summed E-state index contributed by atoms with van der Waals surface area (Å²) in [4.78, 5) is 35.2. The summed E-state index contributed by atoms with van der Waals surface area (Å²) in [5.41, 5.74) is 3.76. The highest BCUT2D eigenvalue weighted by Gasteiger charge is 2.33. The molecule has 1 fully saturated rings. The summed E-state index contributed by atoms with van der Waals surface area (Å²) in [7, 11) is 0. The molecule has 0 bridgehead atoms. The van der Waals surface area contributed by atoms with Gasteiger partial charge in [-0.25, -0.2) is 9.67 Å². The highest BCUT2D eigenvalue weighted by molar-refractivity contribution is 9.10. The average Bonchev–Trinajstić information content (AvgIpc) is 3.56. The number of thiazole rings is 1. The predicted octanol–water partition coefficient (Wildman–Crippen LogP) is 6.52. The van der Waals surface area contributed by atoms with Gasteiger partial charge < -0.3 is 9.80 Å². The molecule has 1 aliphatic heterocycles. The Bertz CT molecular complexity index is 1480. The van der Waals surface area contributed by atoms with Gasteiger partial charge in [-0.05, 0) is 37.1 Å². The summed E-state index contributed by atoms with van der Waals surface area (Å²) >= 11 is 11.2. The van der Waals surface area contributed by atoms with Crippen molar-refractivity contribution in [1.29, 1.82) is 0 Å². The Labute approximate surface area is 239 Å². The maximum absolute atomic E-state index is 13.7. The molecule has 0 radical (unpaired) electrons. The van der Waals surface area contributed by atoms with Gasteiger partial charge >= 0.3 is 0 Å². The third-order valence-corrected chi connectivity index (χ3v) is 8.35. The van der Waals surface area contributed by atoms with Crippen molar-refractivity contribution in [3.05, 3.63) is 86.4 Å². The number of piperazine rings is 1. The van der Waals surface area contributed by atoms with E-state index in [1.54, 1.807) is 40.0 Å². The molecule has 2 amide bonds. The topological polar surface area (TPSA) is 71.3 Å². The van der Waals surface area contributed by atoms with Crippen LogP contribution in [-0.2, 0) is 0 Å². The van der Waals surface area contributed by atoms with Gasteiger partial charge in [-0.1, -0.05) is 65.6 Å². The minimum atomic E-state index is -0.151. The van der Waals surface area contributed by atoms with Gasteiger partial charge in [0.15, 0.2) is 0 Å². The van der Waals surface area contributed by atoms with Crippen LogP contribution in [0.2, 0.25) is 5.02 Å². The van der Waals surface area contributed by atoms with Crippen molar-refractivity contribution >= 4 is 50.7 Å². The van der Waals surface area contributed by atoms with Gasteiger partial charge in [-0.2, -0.15) is 5.10 Å². The van der Waals surface area contributed by atoms with Crippen LogP contribution in [0, 0.1) is 0 Å². The van der Waals surface area contributed by atoms with Crippen LogP contribution in [0.5, 0.6) is 0 Å². The van der Waals surface area contributed by atoms with Crippen LogP contribution >= 0.6 is 38.9 Å². The average molecular weight is 613 g/mol. The Hall–Kier alpha value is -3.01. The number of rotatable bonds is 5. The van der Waals surface area contributed by atoms with E-state index in [0.29, 0.717) is 40.9 Å². The van der Waals surface area contributed by atoms with Crippen LogP contribution in [0.1, 0.15) is 53.1 Å². The third-order valence-electron chi connectivity index (χ3n) is 6.68. The molecule has 196 valence electrons. The van der Waals surface area contributed by atoms with E-state index in [0.717, 1.165) is 21.4 Å². The van der Waals surface area contributed by atoms with E-state index in [1.807, 2.05) is 41.5 Å². The number of hydrogen-bond donors (Lipinski definition) is 0. The normalized spacial score (nSPS) is 15.8. The van der Waals surface area contributed by atoms with Crippen LogP contribution in [0.4, 0.5) is 0 Å². The molecular weight excluding hydrogens is 586 g/mol. The molecule has 5 rings (SSSR count). The van der Waals surface area contributed by atoms with Gasteiger partial charge in [-0.3, -0.25) is 9.59 Å². The van der Waals surface area contributed by atoms with E-state index in [-0.39, 0.29) is 23.8 Å². The lowest BCUT2D eigenvalue weighted by Gasteiger charge is -2.40. The zero-order valence-corrected chi connectivity index (χ0v) is 24.4. The zero-order valence-electron chi connectivity index (χ0n) is 21.3. The van der Waals surface area contributed by atoms with Crippen molar-refractivity contribution < 1.29 is 9.59 Å². The highest BCUT2D eigenvalue weighted by atomic mass is 79.9. The van der Waals surface area contributed by atoms with Crippen LogP contribution in [0.15, 0.2) is 64.6 Å². The molecule has 0 N–H and O–H groups in total. The Balaban J connectivity index is 1.36. The number of nitrogens with zero attached hydrogens (tertiary/aromatic N) is 5. The molecule has 10 heteroatoms. The molecule has 38 heavy (non-hydrogen) atoms. The smallest absolute Gasteiger partial charge is 0.257 e. The molecule has 1 aliphatic rings. The second-order valence-electron chi connectivity index (χ2n) is 9.61. The molecule has 2 aromatic heterocycles. The van der Waals surface area contributed by atoms with Crippen LogP contribution in [0.3, 0.4) is 0 Å². The van der Waals surface area contributed by atoms with Crippen molar-refractivity contribution in [2.75, 3.05) is 19.6 Å². The SMILES string of the molecule is CC(C)c1c(C(=O)N2CCN(C(=O)c3ccccc3Cl)C(C)C2)cnn1-c1nc(-c2ccc(Br)cc2)cs1. The van der Waals surface area contributed by atoms with Gasteiger partial charge in [0, 0.05) is 41.1 Å². The lowest BCUT2D eigenvalue weighted by molar-refractivity contribution is 0.0413. The van der Waals surface area contributed by atoms with Gasteiger partial charge in [0.2, 0.25) is 5.13 Å². The standard InChI is InChI=1S/C28H27BrClN5O2S/c1-17(2)25-22(14-31-35(25)28-32-24(16-38-28)19-8-10-20(29)11-9-19)26(36)33-12-13-34(18(3)15-33)27(37)21-6-4-5-7-23(21)30/h4-11,14,16-18H,12-13,15H2,1-3H3. The lowest BCUT2D eigenvalue weighted by Crippen LogP contribution is -2.55. The Morgan fingerprint density at radius 1 is 1.05 bits per heavy atom. The first-order valence-electron chi connectivity index (χ1n) is 12.4. The molecule has 1 atom stereocenters. The maximum Gasteiger partial charge on any atom is 0.257 e. The first-order chi connectivity index (χ1) is 18.2. The largest absolute Gasteiger partial charge is 0.335 e. The molecule has 0 saturated carbocycles. The fraction of sp³-hybridized carbons (Fsp3) is 0.286. The van der Waals surface area contributed by atoms with Gasteiger partial charge in [0.1, 0.15) is 0 Å². The molecule has 2 aromatic carbocycles. The Morgan fingerprint density at radius 3 is 2.47 bits per heavy atom. The van der Waals surface area contributed by atoms with Crippen molar-refractivity contribution in [3.63, 3.8) is 0 Å². The summed E-state index contributed by atoms with van der Waals surface area (Å²) in [6.45, 7) is 7.37. The van der Waals surface area contributed by atoms with Gasteiger partial charge in [0.25, 0.3) is 11.8 Å². The summed E-state index contributed by atoms with van der Waals surface area (Å²) in [5.74, 6) is -0.144. The number of benzene rings is 2. The highest BCUT2D eigenvalue weighted by Crippen LogP contribution is 2.30. The van der Waals surface area contributed by atoms with Gasteiger partial charge in [-0.15, -0.1) is 11.3 Å². The summed E-state index contributed by atoms with van der Waals surface area (Å²) in [6, 6.07) is 14.9. The minimum absolute atomic E-state index is 0.0528. The Morgan fingerprint density at radius 2 is 1.79 bits per heavy atom. The van der Waals surface area contributed by atoms with E-state index in [4.69, 9.17) is 16.6 Å². The number of halogens is 2. The fourth-order valence-corrected chi connectivity index (χ4v) is 6.03. The van der Waals surface area contributed by atoms with Crippen molar-refractivity contribution in [2.45, 2.75) is 32.7 Å². The van der Waals surface area contributed by atoms with Crippen LogP contribution in [-0.4, -0.2) is 62.1 Å². The van der Waals surface area contributed by atoms with Gasteiger partial charge in [0.05, 0.1) is 33.7 Å². The summed E-state index contributed by atoms with van der Waals surface area (Å²) < 4.78 is 2.79. The summed E-state index contributed by atoms with van der Waals surface area (Å²) in [5, 5.41) is 7.74. The quantitative estimate of drug-likeness (QED) is 0.257. The first-order valence-corrected chi connectivity index (χ1v) is 14.4. The number of carbonyl (C=O) groups is 2. The number of aromatic nitrogens is 3. The van der Waals surface area contributed by atoms with Crippen molar-refractivity contribution in [1.82, 2.24) is 24.6 Å². The monoisotopic (exact) mass is 611 g/mol. The molecule has 7 nitrogen and oxygen atoms in total. The second kappa shape index (κ2) is 11.0. The van der Waals surface area contributed by atoms with Crippen LogP contribution < -0.4 is 0 Å². The van der Waals surface area contributed by atoms with E-state index in [2.05, 4.69) is 34.9 Å². The summed E-state index contributed by atoms with van der Waals surface area (Å²) in [6.07, 6.45) is 1.64. The predicted molar refractivity (Wildman–Crippen MR) is 154 cm³/mol. The van der Waals surface area contributed by atoms with Crippen molar-refractivity contribution in [2.24, 2.45) is 0 Å². The molecule has 0 spiro atoms. The first kappa shape index (κ1) is 26.6. The molecule has 0 aliphatic carbocycles. The third kappa shape index (κ3) is 5.15. The van der Waals surface area contributed by atoms with E-state index in [1.165, 1.54) is 11.3 Å². The zero-order chi connectivity index (χ0) is 27.0. The number of carbonyl (C=O) groups excluding carboxylic acids is 2. The lowest BCUT2D eigenvalue weighted by atomic mass is 10.0.